The van der Waals surface area contributed by atoms with Crippen LogP contribution >= 0.6 is 0 Å². The zero-order chi connectivity index (χ0) is 48.0. The third-order valence-electron chi connectivity index (χ3n) is 10.3. The second-order valence-corrected chi connectivity index (χ2v) is 15.4. The molecule has 65 heavy (non-hydrogen) atoms. The molecule has 2 atom stereocenters. The van der Waals surface area contributed by atoms with Crippen LogP contribution in [0.15, 0.2) is 124 Å². The molecule has 2 aliphatic rings. The Labute approximate surface area is 377 Å². The highest BCUT2D eigenvalue weighted by Gasteiger charge is 2.40. The van der Waals surface area contributed by atoms with Gasteiger partial charge in [0.15, 0.2) is 0 Å². The lowest BCUT2D eigenvalue weighted by Crippen LogP contribution is -2.33. The Morgan fingerprint density at radius 2 is 1.08 bits per heavy atom. The molecule has 3 aromatic rings. The largest absolute Gasteiger partial charge is 0.466 e. The Hall–Kier alpha value is -7.18. The number of hydrogen-bond acceptors (Lipinski definition) is 16. The number of dihydropyridines is 2. The normalized spacial score (nSPS) is 16.0. The highest BCUT2D eigenvalue weighted by atomic mass is 16.6. The number of hydrogen-bond donors (Lipinski definition) is 2. The molecule has 18 heteroatoms. The number of carbonyl (C=O) groups is 4. The maximum Gasteiger partial charge on any atom is 0.337 e. The van der Waals surface area contributed by atoms with Crippen molar-refractivity contribution in [2.45, 2.75) is 66.0 Å². The van der Waals surface area contributed by atoms with E-state index >= 15 is 0 Å². The smallest absolute Gasteiger partial charge is 0.337 e. The van der Waals surface area contributed by atoms with Gasteiger partial charge in [-0.2, -0.15) is 0 Å². The van der Waals surface area contributed by atoms with Gasteiger partial charge in [-0.1, -0.05) is 54.6 Å². The van der Waals surface area contributed by atoms with E-state index in [-0.39, 0.29) is 59.6 Å². The van der Waals surface area contributed by atoms with E-state index in [9.17, 15) is 39.4 Å². The van der Waals surface area contributed by atoms with Crippen molar-refractivity contribution in [3.63, 3.8) is 0 Å². The number of nitro benzene ring substituents is 2. The van der Waals surface area contributed by atoms with Crippen molar-refractivity contribution < 1.29 is 52.7 Å². The van der Waals surface area contributed by atoms with E-state index in [1.807, 2.05) is 42.3 Å². The molecule has 0 aromatic heterocycles. The summed E-state index contributed by atoms with van der Waals surface area (Å²) in [5.74, 6) is -4.25. The molecule has 2 aliphatic heterocycles. The van der Waals surface area contributed by atoms with Gasteiger partial charge in [-0.15, -0.1) is 0 Å². The summed E-state index contributed by atoms with van der Waals surface area (Å²) in [6.45, 7) is 11.8. The van der Waals surface area contributed by atoms with Crippen LogP contribution in [0.25, 0.3) is 0 Å². The van der Waals surface area contributed by atoms with Gasteiger partial charge in [0, 0.05) is 67.3 Å². The van der Waals surface area contributed by atoms with E-state index in [0.717, 1.165) is 5.56 Å². The van der Waals surface area contributed by atoms with E-state index < -0.39 is 45.6 Å². The minimum Gasteiger partial charge on any atom is -0.466 e. The third-order valence-corrected chi connectivity index (χ3v) is 10.3. The van der Waals surface area contributed by atoms with Crippen LogP contribution in [0.5, 0.6) is 0 Å². The predicted molar refractivity (Wildman–Crippen MR) is 239 cm³/mol. The number of nitrogens with one attached hydrogen (secondary N) is 2. The second-order valence-electron chi connectivity index (χ2n) is 15.4. The van der Waals surface area contributed by atoms with Gasteiger partial charge >= 0.3 is 23.9 Å². The molecule has 2 heterocycles. The van der Waals surface area contributed by atoms with Crippen LogP contribution in [-0.2, 0) is 49.4 Å². The van der Waals surface area contributed by atoms with Gasteiger partial charge in [0.25, 0.3) is 11.4 Å². The first kappa shape index (κ1) is 50.5. The standard InChI is InChI=1S/C26H29N3O6.C21H26N2O7/c1-17-22(25(30)34-4)24(20-11-8-12-21(15-20)29(32)33)23(18(2)27-17)26(31)35-14-13-28(3)16-19-9-6-5-7-10-19;1-12(2)30-21(25)18-14(4)22-13(3)17(20(24)29-10-9-28-5)19(18)15-7-6-8-16(11-15)23(26)27/h5-12,15,24,27H,13-14,16H2,1-4H3;6-8,11-12,19,22H,9-10H2,1-5H3. The number of rotatable bonds is 17. The lowest BCUT2D eigenvalue weighted by molar-refractivity contribution is -0.385. The van der Waals surface area contributed by atoms with Gasteiger partial charge in [0.1, 0.15) is 13.2 Å². The minimum atomic E-state index is -0.882. The summed E-state index contributed by atoms with van der Waals surface area (Å²) in [7, 11) is 4.66. The van der Waals surface area contributed by atoms with Crippen LogP contribution in [0.1, 0.15) is 70.1 Å². The molecule has 3 aromatic carbocycles. The summed E-state index contributed by atoms with van der Waals surface area (Å²) in [4.78, 5) is 75.4. The summed E-state index contributed by atoms with van der Waals surface area (Å²) >= 11 is 0. The van der Waals surface area contributed by atoms with Crippen molar-refractivity contribution in [2.75, 3.05) is 47.6 Å². The molecular weight excluding hydrogens is 843 g/mol. The van der Waals surface area contributed by atoms with Crippen LogP contribution < -0.4 is 10.6 Å². The van der Waals surface area contributed by atoms with Crippen LogP contribution in [0.3, 0.4) is 0 Å². The molecule has 5 rings (SSSR count). The molecule has 18 nitrogen and oxygen atoms in total. The molecule has 2 unspecified atom stereocenters. The van der Waals surface area contributed by atoms with Gasteiger partial charge in [-0.25, -0.2) is 19.2 Å². The Morgan fingerprint density at radius 3 is 1.51 bits per heavy atom. The van der Waals surface area contributed by atoms with Crippen molar-refractivity contribution in [1.82, 2.24) is 15.5 Å². The first-order chi connectivity index (χ1) is 30.9. The SMILES string of the molecule is COC(=O)C1=C(C)NC(C)=C(C(=O)OCCN(C)Cc2ccccc2)C1c1cccc([N+](=O)[O-])c1.COCCOC(=O)C1=C(C)NC(C)=C(C(=O)OC(C)C)C1c1cccc([N+](=O)[O-])c1. The van der Waals surface area contributed by atoms with E-state index in [4.69, 9.17) is 23.7 Å². The first-order valence-corrected chi connectivity index (χ1v) is 20.6. The molecule has 0 radical (unpaired) electrons. The van der Waals surface area contributed by atoms with Gasteiger partial charge in [-0.3, -0.25) is 25.1 Å². The maximum absolute atomic E-state index is 13.3. The fourth-order valence-electron chi connectivity index (χ4n) is 7.40. The highest BCUT2D eigenvalue weighted by molar-refractivity contribution is 6.01. The summed E-state index contributed by atoms with van der Waals surface area (Å²) in [6, 6.07) is 21.7. The molecular formula is C47H55N5O13. The topological polar surface area (TPSA) is 228 Å². The van der Waals surface area contributed by atoms with E-state index in [2.05, 4.69) is 10.6 Å². The summed E-state index contributed by atoms with van der Waals surface area (Å²) in [6.07, 6.45) is -0.382. The van der Waals surface area contributed by atoms with Gasteiger partial charge < -0.3 is 34.3 Å². The fraction of sp³-hybridized carbons (Fsp3) is 0.362. The third kappa shape index (κ3) is 13.2. The number of nitrogens with zero attached hydrogens (tertiary/aromatic N) is 3. The van der Waals surface area contributed by atoms with Crippen LogP contribution in [-0.4, -0.2) is 92.4 Å². The maximum atomic E-state index is 13.3. The predicted octanol–water partition coefficient (Wildman–Crippen LogP) is 6.65. The first-order valence-electron chi connectivity index (χ1n) is 20.6. The monoisotopic (exact) mass is 897 g/mol. The van der Waals surface area contributed by atoms with Crippen molar-refractivity contribution in [3.8, 4) is 0 Å². The number of methoxy groups -OCH3 is 2. The van der Waals surface area contributed by atoms with Crippen LogP contribution in [0, 0.1) is 20.2 Å². The number of likely N-dealkylation sites (N-methyl/N-ethyl adjacent to an activating group) is 1. The van der Waals surface area contributed by atoms with Crippen molar-refractivity contribution >= 4 is 35.3 Å². The Bertz CT molecular complexity index is 2400. The van der Waals surface area contributed by atoms with Crippen LogP contribution in [0.4, 0.5) is 11.4 Å². The van der Waals surface area contributed by atoms with E-state index in [1.165, 1.54) is 50.6 Å². The highest BCUT2D eigenvalue weighted by Crippen LogP contribution is 2.41. The lowest BCUT2D eigenvalue weighted by atomic mass is 9.80. The van der Waals surface area contributed by atoms with E-state index in [1.54, 1.807) is 53.7 Å². The molecule has 0 saturated heterocycles. The van der Waals surface area contributed by atoms with Crippen molar-refractivity contribution in [3.05, 3.63) is 161 Å². The fourth-order valence-corrected chi connectivity index (χ4v) is 7.40. The molecule has 0 fully saturated rings. The van der Waals surface area contributed by atoms with Crippen molar-refractivity contribution in [2.24, 2.45) is 0 Å². The number of carbonyl (C=O) groups excluding carboxylic acids is 4. The number of allylic oxidation sites excluding steroid dienone is 4. The number of benzene rings is 3. The van der Waals surface area contributed by atoms with E-state index in [0.29, 0.717) is 47.0 Å². The zero-order valence-electron chi connectivity index (χ0n) is 37.9. The molecule has 346 valence electrons. The molecule has 0 saturated carbocycles. The quantitative estimate of drug-likeness (QED) is 0.0475. The number of nitro groups is 2. The summed E-state index contributed by atoms with van der Waals surface area (Å²) < 4.78 is 26.2. The van der Waals surface area contributed by atoms with Gasteiger partial charge in [0.05, 0.1) is 63.8 Å². The average molecular weight is 898 g/mol. The number of ether oxygens (including phenoxy) is 5. The zero-order valence-corrected chi connectivity index (χ0v) is 37.9. The molecule has 0 amide bonds. The Morgan fingerprint density at radius 1 is 0.631 bits per heavy atom. The molecule has 0 bridgehead atoms. The molecule has 0 spiro atoms. The number of non-ortho nitro benzene ring substituents is 2. The lowest BCUT2D eigenvalue weighted by Gasteiger charge is -2.30. The molecule has 2 N–H and O–H groups in total. The Kier molecular flexibility index (Phi) is 18.2. The van der Waals surface area contributed by atoms with Gasteiger partial charge in [-0.05, 0) is 65.3 Å². The van der Waals surface area contributed by atoms with Crippen molar-refractivity contribution in [1.29, 1.82) is 0 Å². The summed E-state index contributed by atoms with van der Waals surface area (Å²) in [5, 5.41) is 28.7. The van der Waals surface area contributed by atoms with Crippen LogP contribution in [0.2, 0.25) is 0 Å². The van der Waals surface area contributed by atoms with Gasteiger partial charge in [0.2, 0.25) is 0 Å². The summed E-state index contributed by atoms with van der Waals surface area (Å²) in [5.41, 5.74) is 4.50. The second kappa shape index (κ2) is 23.5. The molecule has 0 aliphatic carbocycles. The number of esters is 4. The minimum absolute atomic E-state index is 0.0300. The average Bonchev–Trinajstić information content (AvgIpc) is 3.25. The Balaban J connectivity index is 0.000000288.